The number of aliphatic carboxylic acids is 1. The standard InChI is InChI=1S/C11H19NO3.C5H11N3/c1-11(2,3)7-9(13)12-6-4-5-8(12)10(14)15;6-5(3-8-7)4-1-2-4/h8H,4-7H2,1-3H3,(H,14,15);3-4,8H,1-2,6-7H2/b;5-3-. The zero-order chi connectivity index (χ0) is 17.6. The van der Waals surface area contributed by atoms with E-state index in [4.69, 9.17) is 16.7 Å². The van der Waals surface area contributed by atoms with Crippen molar-refractivity contribution in [3.05, 3.63) is 11.9 Å². The molecule has 23 heavy (non-hydrogen) atoms. The predicted molar refractivity (Wildman–Crippen MR) is 88.8 cm³/mol. The van der Waals surface area contributed by atoms with Gasteiger partial charge in [-0.05, 0) is 37.0 Å². The Morgan fingerprint density at radius 1 is 1.30 bits per heavy atom. The largest absolute Gasteiger partial charge is 0.480 e. The predicted octanol–water partition coefficient (Wildman–Crippen LogP) is 1.16. The molecule has 1 atom stereocenters. The van der Waals surface area contributed by atoms with Crippen LogP contribution in [0.25, 0.3) is 0 Å². The third kappa shape index (κ3) is 6.90. The summed E-state index contributed by atoms with van der Waals surface area (Å²) in [4.78, 5) is 24.2. The quantitative estimate of drug-likeness (QED) is 0.454. The first-order valence-corrected chi connectivity index (χ1v) is 8.09. The summed E-state index contributed by atoms with van der Waals surface area (Å²) in [5.74, 6) is 4.69. The number of carboxylic acid groups (broad SMARTS) is 1. The molecule has 2 aliphatic rings. The number of hydrazine groups is 1. The van der Waals surface area contributed by atoms with Crippen molar-refractivity contribution in [2.24, 2.45) is 22.9 Å². The fourth-order valence-corrected chi connectivity index (χ4v) is 2.51. The van der Waals surface area contributed by atoms with Gasteiger partial charge >= 0.3 is 5.97 Å². The van der Waals surface area contributed by atoms with Gasteiger partial charge in [-0.3, -0.25) is 10.6 Å². The topological polar surface area (TPSA) is 122 Å². The van der Waals surface area contributed by atoms with Crippen molar-refractivity contribution in [2.75, 3.05) is 6.54 Å². The Hall–Kier alpha value is -1.76. The van der Waals surface area contributed by atoms with Crippen LogP contribution in [0.5, 0.6) is 0 Å². The Morgan fingerprint density at radius 2 is 1.91 bits per heavy atom. The van der Waals surface area contributed by atoms with E-state index in [1.54, 1.807) is 6.20 Å². The highest BCUT2D eigenvalue weighted by Crippen LogP contribution is 2.33. The molecule has 0 aromatic heterocycles. The molecule has 2 rings (SSSR count). The molecular weight excluding hydrogens is 296 g/mol. The summed E-state index contributed by atoms with van der Waals surface area (Å²) in [6.45, 7) is 6.54. The van der Waals surface area contributed by atoms with Gasteiger partial charge in [0.15, 0.2) is 0 Å². The Bertz CT molecular complexity index is 453. The average molecular weight is 326 g/mol. The number of rotatable bonds is 4. The molecule has 132 valence electrons. The lowest BCUT2D eigenvalue weighted by atomic mass is 9.91. The van der Waals surface area contributed by atoms with E-state index in [0.717, 1.165) is 12.1 Å². The first-order valence-electron chi connectivity index (χ1n) is 8.09. The van der Waals surface area contributed by atoms with Crippen LogP contribution in [0, 0.1) is 11.3 Å². The van der Waals surface area contributed by atoms with Gasteiger partial charge in [0.2, 0.25) is 5.91 Å². The van der Waals surface area contributed by atoms with Crippen LogP contribution in [0.15, 0.2) is 11.9 Å². The molecular formula is C16H30N4O3. The average Bonchev–Trinajstić information content (AvgIpc) is 3.14. The van der Waals surface area contributed by atoms with Crippen molar-refractivity contribution in [1.82, 2.24) is 10.3 Å². The second-order valence-electron chi connectivity index (χ2n) is 7.41. The number of carbonyl (C=O) groups excluding carboxylic acids is 1. The van der Waals surface area contributed by atoms with E-state index in [-0.39, 0.29) is 11.3 Å². The third-order valence-corrected chi connectivity index (χ3v) is 3.84. The number of hydrogen-bond acceptors (Lipinski definition) is 5. The Morgan fingerprint density at radius 3 is 2.35 bits per heavy atom. The van der Waals surface area contributed by atoms with E-state index in [0.29, 0.717) is 25.3 Å². The Labute approximate surface area is 138 Å². The molecule has 0 aromatic carbocycles. The molecule has 0 spiro atoms. The summed E-state index contributed by atoms with van der Waals surface area (Å²) in [5, 5.41) is 8.94. The second-order valence-corrected chi connectivity index (χ2v) is 7.41. The summed E-state index contributed by atoms with van der Waals surface area (Å²) in [6.07, 6.45) is 5.90. The monoisotopic (exact) mass is 326 g/mol. The van der Waals surface area contributed by atoms with Crippen LogP contribution in [0.4, 0.5) is 0 Å². The molecule has 0 radical (unpaired) electrons. The number of carboxylic acids is 1. The molecule has 0 aromatic rings. The molecule has 0 bridgehead atoms. The van der Waals surface area contributed by atoms with E-state index >= 15 is 0 Å². The molecule has 7 heteroatoms. The third-order valence-electron chi connectivity index (χ3n) is 3.84. The van der Waals surface area contributed by atoms with Crippen LogP contribution < -0.4 is 17.0 Å². The van der Waals surface area contributed by atoms with E-state index in [1.807, 2.05) is 20.8 Å². The van der Waals surface area contributed by atoms with Crippen LogP contribution in [0.2, 0.25) is 0 Å². The Kier molecular flexibility index (Phi) is 6.87. The molecule has 1 amide bonds. The smallest absolute Gasteiger partial charge is 0.326 e. The van der Waals surface area contributed by atoms with Crippen LogP contribution in [0.3, 0.4) is 0 Å². The van der Waals surface area contributed by atoms with Crippen LogP contribution >= 0.6 is 0 Å². The maximum Gasteiger partial charge on any atom is 0.326 e. The fourth-order valence-electron chi connectivity index (χ4n) is 2.51. The van der Waals surface area contributed by atoms with Crippen molar-refractivity contribution in [1.29, 1.82) is 0 Å². The maximum atomic E-state index is 11.8. The van der Waals surface area contributed by atoms with Gasteiger partial charge in [0.05, 0.1) is 0 Å². The summed E-state index contributed by atoms with van der Waals surface area (Å²) in [6, 6.07) is -0.597. The number of nitrogens with zero attached hydrogens (tertiary/aromatic N) is 1. The minimum Gasteiger partial charge on any atom is -0.480 e. The first kappa shape index (κ1) is 19.3. The van der Waals surface area contributed by atoms with Gasteiger partial charge in [-0.1, -0.05) is 20.8 Å². The zero-order valence-electron chi connectivity index (χ0n) is 14.3. The van der Waals surface area contributed by atoms with Crippen molar-refractivity contribution < 1.29 is 14.7 Å². The van der Waals surface area contributed by atoms with Crippen LogP contribution in [-0.2, 0) is 9.59 Å². The summed E-state index contributed by atoms with van der Waals surface area (Å²) in [5.41, 5.74) is 8.71. The van der Waals surface area contributed by atoms with Gasteiger partial charge in [0.25, 0.3) is 0 Å². The summed E-state index contributed by atoms with van der Waals surface area (Å²) >= 11 is 0. The molecule has 6 N–H and O–H groups in total. The lowest BCUT2D eigenvalue weighted by molar-refractivity contribution is -0.148. The van der Waals surface area contributed by atoms with Crippen molar-refractivity contribution in [3.8, 4) is 0 Å². The highest BCUT2D eigenvalue weighted by Gasteiger charge is 2.35. The lowest BCUT2D eigenvalue weighted by Gasteiger charge is -2.25. The summed E-state index contributed by atoms with van der Waals surface area (Å²) < 4.78 is 0. The fraction of sp³-hybridized carbons (Fsp3) is 0.750. The van der Waals surface area contributed by atoms with Crippen LogP contribution in [0.1, 0.15) is 52.9 Å². The van der Waals surface area contributed by atoms with E-state index < -0.39 is 12.0 Å². The minimum absolute atomic E-state index is 0.0348. The van der Waals surface area contributed by atoms with E-state index in [9.17, 15) is 9.59 Å². The van der Waals surface area contributed by atoms with E-state index in [1.165, 1.54) is 17.7 Å². The molecule has 7 nitrogen and oxygen atoms in total. The van der Waals surface area contributed by atoms with Gasteiger partial charge in [-0.2, -0.15) is 0 Å². The van der Waals surface area contributed by atoms with Crippen molar-refractivity contribution in [3.63, 3.8) is 0 Å². The SMILES string of the molecule is CC(C)(C)CC(=O)N1CCCC1C(=O)O.NN/C=C(\N)C1CC1. The molecule has 1 heterocycles. The molecule has 1 unspecified atom stereocenters. The highest BCUT2D eigenvalue weighted by atomic mass is 16.4. The number of nitrogens with two attached hydrogens (primary N) is 2. The minimum atomic E-state index is -0.880. The maximum absolute atomic E-state index is 11.8. The Balaban J connectivity index is 0.000000277. The van der Waals surface area contributed by atoms with Gasteiger partial charge in [0, 0.05) is 24.9 Å². The summed E-state index contributed by atoms with van der Waals surface area (Å²) in [7, 11) is 0. The number of likely N-dealkylation sites (tertiary alicyclic amines) is 1. The molecule has 1 aliphatic carbocycles. The second kappa shape index (κ2) is 8.19. The molecule has 1 saturated carbocycles. The van der Waals surface area contributed by atoms with Gasteiger partial charge in [-0.15, -0.1) is 0 Å². The normalized spacial score (nSPS) is 21.5. The highest BCUT2D eigenvalue weighted by molar-refractivity contribution is 5.84. The van der Waals surface area contributed by atoms with Gasteiger partial charge in [0.1, 0.15) is 6.04 Å². The number of nitrogens with one attached hydrogen (secondary N) is 1. The van der Waals surface area contributed by atoms with Crippen molar-refractivity contribution in [2.45, 2.75) is 58.9 Å². The molecule has 1 saturated heterocycles. The lowest BCUT2D eigenvalue weighted by Crippen LogP contribution is -2.41. The van der Waals surface area contributed by atoms with Gasteiger partial charge in [-0.25, -0.2) is 4.79 Å². The molecule has 2 fully saturated rings. The number of amides is 1. The van der Waals surface area contributed by atoms with Crippen molar-refractivity contribution >= 4 is 11.9 Å². The zero-order valence-corrected chi connectivity index (χ0v) is 14.3. The van der Waals surface area contributed by atoms with E-state index in [2.05, 4.69) is 5.43 Å². The number of hydrogen-bond donors (Lipinski definition) is 4. The van der Waals surface area contributed by atoms with Gasteiger partial charge < -0.3 is 21.2 Å². The first-order chi connectivity index (χ1) is 10.7. The number of allylic oxidation sites excluding steroid dienone is 1. The van der Waals surface area contributed by atoms with Crippen LogP contribution in [-0.4, -0.2) is 34.5 Å². The number of carbonyl (C=O) groups is 2. The molecule has 1 aliphatic heterocycles.